The molecular formula is C14H20N2O2S2. The van der Waals surface area contributed by atoms with Crippen molar-refractivity contribution in [1.29, 1.82) is 0 Å². The number of hydrogen-bond acceptors (Lipinski definition) is 5. The highest BCUT2D eigenvalue weighted by atomic mass is 32.2. The average molecular weight is 312 g/mol. The number of oxazole rings is 1. The molecule has 2 aromatic heterocycles. The average Bonchev–Trinajstić information content (AvgIpc) is 2.96. The molecule has 2 rings (SSSR count). The van der Waals surface area contributed by atoms with Crippen LogP contribution in [0.15, 0.2) is 16.8 Å². The van der Waals surface area contributed by atoms with Crippen LogP contribution in [0.25, 0.3) is 0 Å². The van der Waals surface area contributed by atoms with E-state index >= 15 is 0 Å². The fourth-order valence-electron chi connectivity index (χ4n) is 1.67. The van der Waals surface area contributed by atoms with Crippen LogP contribution in [0.5, 0.6) is 0 Å². The Morgan fingerprint density at radius 2 is 2.05 bits per heavy atom. The second kappa shape index (κ2) is 5.77. The van der Waals surface area contributed by atoms with Gasteiger partial charge < -0.3 is 4.42 Å². The lowest BCUT2D eigenvalue weighted by Crippen LogP contribution is -2.09. The molecule has 0 fully saturated rings. The molecule has 2 aromatic rings. The van der Waals surface area contributed by atoms with Gasteiger partial charge in [0.05, 0.1) is 17.0 Å². The molecule has 0 aliphatic carbocycles. The molecular weight excluding hydrogens is 292 g/mol. The molecule has 0 saturated heterocycles. The summed E-state index contributed by atoms with van der Waals surface area (Å²) < 4.78 is 18.1. The second-order valence-corrected chi connectivity index (χ2v) is 8.90. The molecule has 0 spiro atoms. The zero-order chi connectivity index (χ0) is 14.9. The Balaban J connectivity index is 2.08. The lowest BCUT2D eigenvalue weighted by Gasteiger charge is -2.13. The monoisotopic (exact) mass is 312 g/mol. The van der Waals surface area contributed by atoms with E-state index in [-0.39, 0.29) is 10.7 Å². The Labute approximate surface area is 126 Å². The van der Waals surface area contributed by atoms with Gasteiger partial charge >= 0.3 is 0 Å². The zero-order valence-corrected chi connectivity index (χ0v) is 14.1. The Kier molecular flexibility index (Phi) is 4.44. The molecule has 0 aromatic carbocycles. The van der Waals surface area contributed by atoms with Crippen LogP contribution in [-0.2, 0) is 22.0 Å². The maximum absolute atomic E-state index is 12.4. The summed E-state index contributed by atoms with van der Waals surface area (Å²) in [5, 5.41) is 0.782. The Hall–Kier alpha value is -1.01. The van der Waals surface area contributed by atoms with Crippen LogP contribution in [0.1, 0.15) is 54.5 Å². The van der Waals surface area contributed by atoms with Crippen molar-refractivity contribution in [2.45, 2.75) is 51.0 Å². The third-order valence-electron chi connectivity index (χ3n) is 2.96. The van der Waals surface area contributed by atoms with Crippen molar-refractivity contribution in [2.75, 3.05) is 0 Å². The first kappa shape index (κ1) is 15.4. The van der Waals surface area contributed by atoms with Gasteiger partial charge in [0.2, 0.25) is 5.89 Å². The summed E-state index contributed by atoms with van der Waals surface area (Å²) in [6.07, 6.45) is 3.53. The summed E-state index contributed by atoms with van der Waals surface area (Å²) in [6.45, 7) is 10.0. The zero-order valence-electron chi connectivity index (χ0n) is 12.5. The Morgan fingerprint density at radius 3 is 2.55 bits per heavy atom. The van der Waals surface area contributed by atoms with Crippen molar-refractivity contribution < 1.29 is 8.63 Å². The van der Waals surface area contributed by atoms with E-state index in [9.17, 15) is 4.21 Å². The van der Waals surface area contributed by atoms with Crippen molar-refractivity contribution in [2.24, 2.45) is 0 Å². The third kappa shape index (κ3) is 3.55. The largest absolute Gasteiger partial charge is 0.444 e. The maximum atomic E-state index is 12.4. The van der Waals surface area contributed by atoms with Crippen LogP contribution < -0.4 is 0 Å². The lowest BCUT2D eigenvalue weighted by molar-refractivity contribution is 0.382. The topological polar surface area (TPSA) is 56.0 Å². The minimum Gasteiger partial charge on any atom is -0.444 e. The Bertz CT molecular complexity index is 611. The standard InChI is InChI=1S/C14H20N2O2S2/c1-9(13-16-7-12(18-13)14(3,4)5)20(17)8-11-6-15-10(2)19-11/h6-7,9H,8H2,1-5H3/t9-,20+/m1/s1. The normalized spacial score (nSPS) is 15.2. The molecule has 110 valence electrons. The fraction of sp³-hybridized carbons (Fsp3) is 0.571. The van der Waals surface area contributed by atoms with E-state index in [4.69, 9.17) is 4.42 Å². The summed E-state index contributed by atoms with van der Waals surface area (Å²) in [5.41, 5.74) is -0.0821. The SMILES string of the molecule is Cc1ncc(C[S@](=O)[C@H](C)c2ncc(C(C)(C)C)o2)s1. The second-order valence-electron chi connectivity index (χ2n) is 5.83. The van der Waals surface area contributed by atoms with Gasteiger partial charge in [0.25, 0.3) is 0 Å². The van der Waals surface area contributed by atoms with Gasteiger partial charge in [-0.1, -0.05) is 20.8 Å². The van der Waals surface area contributed by atoms with Crippen LogP contribution in [-0.4, -0.2) is 14.2 Å². The highest BCUT2D eigenvalue weighted by Crippen LogP contribution is 2.28. The van der Waals surface area contributed by atoms with Gasteiger partial charge in [0, 0.05) is 27.3 Å². The van der Waals surface area contributed by atoms with Crippen LogP contribution in [0.3, 0.4) is 0 Å². The maximum Gasteiger partial charge on any atom is 0.209 e. The molecule has 0 saturated carbocycles. The molecule has 0 unspecified atom stereocenters. The number of aromatic nitrogens is 2. The third-order valence-corrected chi connectivity index (χ3v) is 5.64. The molecule has 0 amide bonds. The van der Waals surface area contributed by atoms with Gasteiger partial charge in [-0.2, -0.15) is 0 Å². The molecule has 6 heteroatoms. The summed E-state index contributed by atoms with van der Waals surface area (Å²) in [4.78, 5) is 9.50. The van der Waals surface area contributed by atoms with Crippen molar-refractivity contribution in [3.8, 4) is 0 Å². The summed E-state index contributed by atoms with van der Waals surface area (Å²) >= 11 is 1.58. The molecule has 4 nitrogen and oxygen atoms in total. The van der Waals surface area contributed by atoms with Gasteiger partial charge in [-0.25, -0.2) is 9.97 Å². The quantitative estimate of drug-likeness (QED) is 0.863. The van der Waals surface area contributed by atoms with Gasteiger partial charge in [0.15, 0.2) is 0 Å². The molecule has 2 atom stereocenters. The highest BCUT2D eigenvalue weighted by molar-refractivity contribution is 7.84. The predicted molar refractivity (Wildman–Crippen MR) is 82.3 cm³/mol. The number of aryl methyl sites for hydroxylation is 1. The first-order valence-electron chi connectivity index (χ1n) is 6.52. The van der Waals surface area contributed by atoms with Crippen LogP contribution in [0.4, 0.5) is 0 Å². The summed E-state index contributed by atoms with van der Waals surface area (Å²) in [5.74, 6) is 1.87. The molecule has 0 aliphatic rings. The van der Waals surface area contributed by atoms with E-state index in [0.717, 1.165) is 15.6 Å². The first-order valence-corrected chi connectivity index (χ1v) is 8.72. The van der Waals surface area contributed by atoms with Gasteiger partial charge in [-0.3, -0.25) is 4.21 Å². The smallest absolute Gasteiger partial charge is 0.209 e. The first-order chi connectivity index (χ1) is 9.27. The molecule has 0 bridgehead atoms. The Morgan fingerprint density at radius 1 is 1.35 bits per heavy atom. The minimum absolute atomic E-state index is 0.0821. The predicted octanol–water partition coefficient (Wildman–Crippen LogP) is 3.75. The van der Waals surface area contributed by atoms with E-state index in [2.05, 4.69) is 30.7 Å². The van der Waals surface area contributed by atoms with Gasteiger partial charge in [-0.15, -0.1) is 11.3 Å². The van der Waals surface area contributed by atoms with Crippen LogP contribution in [0.2, 0.25) is 0 Å². The number of hydrogen-bond donors (Lipinski definition) is 0. The van der Waals surface area contributed by atoms with E-state index in [1.165, 1.54) is 0 Å². The lowest BCUT2D eigenvalue weighted by atomic mass is 9.94. The van der Waals surface area contributed by atoms with Crippen molar-refractivity contribution >= 4 is 22.1 Å². The number of nitrogens with zero attached hydrogens (tertiary/aromatic N) is 2. The molecule has 20 heavy (non-hydrogen) atoms. The van der Waals surface area contributed by atoms with Gasteiger partial charge in [-0.05, 0) is 13.8 Å². The molecule has 0 radical (unpaired) electrons. The number of thiazole rings is 1. The van der Waals surface area contributed by atoms with E-state index in [1.807, 2.05) is 13.8 Å². The highest BCUT2D eigenvalue weighted by Gasteiger charge is 2.24. The number of rotatable bonds is 4. The van der Waals surface area contributed by atoms with Crippen LogP contribution >= 0.6 is 11.3 Å². The molecule has 2 heterocycles. The van der Waals surface area contributed by atoms with E-state index in [0.29, 0.717) is 11.6 Å². The van der Waals surface area contributed by atoms with E-state index in [1.54, 1.807) is 23.7 Å². The van der Waals surface area contributed by atoms with Crippen molar-refractivity contribution in [3.05, 3.63) is 33.9 Å². The van der Waals surface area contributed by atoms with Crippen molar-refractivity contribution in [3.63, 3.8) is 0 Å². The summed E-state index contributed by atoms with van der Waals surface area (Å²) in [7, 11) is -1.05. The fourth-order valence-corrected chi connectivity index (χ4v) is 3.79. The van der Waals surface area contributed by atoms with E-state index < -0.39 is 10.8 Å². The minimum atomic E-state index is -1.05. The van der Waals surface area contributed by atoms with Crippen LogP contribution in [0, 0.1) is 6.92 Å². The van der Waals surface area contributed by atoms with Crippen molar-refractivity contribution in [1.82, 2.24) is 9.97 Å². The molecule has 0 aliphatic heterocycles. The molecule has 0 N–H and O–H groups in total. The van der Waals surface area contributed by atoms with Gasteiger partial charge in [0.1, 0.15) is 11.0 Å². The summed E-state index contributed by atoms with van der Waals surface area (Å²) in [6, 6.07) is 0.